The van der Waals surface area contributed by atoms with Gasteiger partial charge in [0.05, 0.1) is 12.3 Å². The van der Waals surface area contributed by atoms with Gasteiger partial charge in [0.2, 0.25) is 0 Å². The van der Waals surface area contributed by atoms with Gasteiger partial charge in [0, 0.05) is 18.3 Å². The van der Waals surface area contributed by atoms with Crippen LogP contribution in [-0.4, -0.2) is 16.1 Å². The van der Waals surface area contributed by atoms with Crippen molar-refractivity contribution in [3.8, 4) is 0 Å². The highest BCUT2D eigenvalue weighted by Gasteiger charge is 2.15. The summed E-state index contributed by atoms with van der Waals surface area (Å²) in [5.41, 5.74) is 1.43. The second kappa shape index (κ2) is 7.42. The number of aliphatic hydroxyl groups excluding tert-OH is 1. The Balaban J connectivity index is 1.91. The molecule has 0 saturated carbocycles. The molecular weight excluding hydrogens is 286 g/mol. The van der Waals surface area contributed by atoms with E-state index in [1.165, 1.54) is 18.2 Å². The molecule has 3 atom stereocenters. The van der Waals surface area contributed by atoms with Crippen LogP contribution in [0.3, 0.4) is 0 Å². The number of halogens is 2. The molecule has 118 valence electrons. The molecule has 1 heterocycles. The Kier molecular flexibility index (Phi) is 5.57. The van der Waals surface area contributed by atoms with Gasteiger partial charge in [-0.25, -0.2) is 8.78 Å². The van der Waals surface area contributed by atoms with Gasteiger partial charge in [-0.2, -0.15) is 0 Å². The molecule has 0 aliphatic rings. The monoisotopic (exact) mass is 306 g/mol. The molecule has 0 bridgehead atoms. The van der Waals surface area contributed by atoms with E-state index < -0.39 is 6.10 Å². The highest BCUT2D eigenvalue weighted by Crippen LogP contribution is 2.20. The van der Waals surface area contributed by atoms with E-state index in [2.05, 4.69) is 10.3 Å². The normalized spacial score (nSPS) is 15.3. The molecule has 0 aliphatic heterocycles. The van der Waals surface area contributed by atoms with Crippen LogP contribution in [-0.2, 0) is 0 Å². The number of aliphatic hydroxyl groups is 1. The maximum absolute atomic E-state index is 13.2. The van der Waals surface area contributed by atoms with E-state index in [0.717, 1.165) is 11.8 Å². The van der Waals surface area contributed by atoms with Crippen LogP contribution in [0, 0.1) is 11.6 Å². The van der Waals surface area contributed by atoms with Crippen LogP contribution in [0.1, 0.15) is 43.5 Å². The number of benzene rings is 1. The number of nitrogens with one attached hydrogen (secondary N) is 1. The molecule has 1 aromatic heterocycles. The van der Waals surface area contributed by atoms with Crippen LogP contribution in [0.5, 0.6) is 0 Å². The van der Waals surface area contributed by atoms with E-state index in [9.17, 15) is 13.9 Å². The van der Waals surface area contributed by atoms with Crippen molar-refractivity contribution in [2.75, 3.05) is 0 Å². The molecule has 0 aliphatic carbocycles. The molecule has 1 aromatic carbocycles. The van der Waals surface area contributed by atoms with Gasteiger partial charge in [-0.05, 0) is 49.6 Å². The molecule has 0 spiro atoms. The van der Waals surface area contributed by atoms with Crippen LogP contribution < -0.4 is 5.32 Å². The second-order valence-corrected chi connectivity index (χ2v) is 5.53. The predicted molar refractivity (Wildman–Crippen MR) is 81.2 cm³/mol. The van der Waals surface area contributed by atoms with Crippen molar-refractivity contribution in [3.63, 3.8) is 0 Å². The molecule has 0 unspecified atom stereocenters. The lowest BCUT2D eigenvalue weighted by atomic mass is 10.0. The molecule has 2 N–H and O–H groups in total. The van der Waals surface area contributed by atoms with Crippen molar-refractivity contribution >= 4 is 0 Å². The summed E-state index contributed by atoms with van der Waals surface area (Å²) in [5.74, 6) is -0.695. The summed E-state index contributed by atoms with van der Waals surface area (Å²) >= 11 is 0. The third kappa shape index (κ3) is 4.58. The van der Waals surface area contributed by atoms with Crippen LogP contribution in [0.25, 0.3) is 0 Å². The zero-order valence-corrected chi connectivity index (χ0v) is 12.6. The van der Waals surface area contributed by atoms with Gasteiger partial charge in [0.1, 0.15) is 11.6 Å². The predicted octanol–water partition coefficient (Wildman–Crippen LogP) is 3.52. The summed E-state index contributed by atoms with van der Waals surface area (Å²) in [6.45, 7) is 3.85. The molecule has 0 radical (unpaired) electrons. The van der Waals surface area contributed by atoms with E-state index in [-0.39, 0.29) is 23.7 Å². The Morgan fingerprint density at radius 1 is 1.05 bits per heavy atom. The SMILES string of the molecule is C[C@H](C[C@@H](O)c1ccc(F)cc1)N[C@H](C)c1cncc(F)c1. The zero-order chi connectivity index (χ0) is 16.1. The molecular formula is C17H20F2N2O. The number of nitrogens with zero attached hydrogens (tertiary/aromatic N) is 1. The van der Waals surface area contributed by atoms with E-state index >= 15 is 0 Å². The van der Waals surface area contributed by atoms with Gasteiger partial charge >= 0.3 is 0 Å². The smallest absolute Gasteiger partial charge is 0.141 e. The summed E-state index contributed by atoms with van der Waals surface area (Å²) < 4.78 is 26.0. The lowest BCUT2D eigenvalue weighted by Crippen LogP contribution is -2.30. The summed E-state index contributed by atoms with van der Waals surface area (Å²) in [6.07, 6.45) is 2.57. The van der Waals surface area contributed by atoms with Gasteiger partial charge in [-0.3, -0.25) is 4.98 Å². The molecule has 5 heteroatoms. The molecule has 0 fully saturated rings. The summed E-state index contributed by atoms with van der Waals surface area (Å²) in [6, 6.07) is 7.17. The van der Waals surface area contributed by atoms with Gasteiger partial charge in [-0.15, -0.1) is 0 Å². The number of aromatic nitrogens is 1. The Morgan fingerprint density at radius 3 is 2.36 bits per heavy atom. The minimum absolute atomic E-state index is 0.00156. The standard InChI is InChI=1S/C17H20F2N2O/c1-11(7-17(22)13-3-5-15(18)6-4-13)21-12(2)14-8-16(19)10-20-9-14/h3-6,8-12,17,21-22H,7H2,1-2H3/t11-,12-,17-/m1/s1. The molecule has 2 aromatic rings. The maximum atomic E-state index is 13.2. The highest BCUT2D eigenvalue weighted by atomic mass is 19.1. The Bertz CT molecular complexity index is 604. The third-order valence-electron chi connectivity index (χ3n) is 3.59. The molecule has 2 rings (SSSR count). The van der Waals surface area contributed by atoms with Crippen LogP contribution in [0.15, 0.2) is 42.7 Å². The molecule has 0 saturated heterocycles. The first kappa shape index (κ1) is 16.5. The number of hydrogen-bond acceptors (Lipinski definition) is 3. The summed E-state index contributed by atoms with van der Waals surface area (Å²) in [7, 11) is 0. The first-order valence-electron chi connectivity index (χ1n) is 7.25. The van der Waals surface area contributed by atoms with Crippen molar-refractivity contribution in [2.24, 2.45) is 0 Å². The fourth-order valence-electron chi connectivity index (χ4n) is 2.41. The fourth-order valence-corrected chi connectivity index (χ4v) is 2.41. The number of hydrogen-bond donors (Lipinski definition) is 2. The van der Waals surface area contributed by atoms with E-state index in [1.807, 2.05) is 13.8 Å². The Morgan fingerprint density at radius 2 is 1.73 bits per heavy atom. The molecule has 3 nitrogen and oxygen atoms in total. The van der Waals surface area contributed by atoms with E-state index in [0.29, 0.717) is 12.0 Å². The average Bonchev–Trinajstić information content (AvgIpc) is 2.47. The lowest BCUT2D eigenvalue weighted by molar-refractivity contribution is 0.152. The van der Waals surface area contributed by atoms with Crippen LogP contribution >= 0.6 is 0 Å². The van der Waals surface area contributed by atoms with Crippen molar-refractivity contribution < 1.29 is 13.9 Å². The van der Waals surface area contributed by atoms with E-state index in [1.54, 1.807) is 18.3 Å². The van der Waals surface area contributed by atoms with Crippen molar-refractivity contribution in [3.05, 3.63) is 65.5 Å². The summed E-state index contributed by atoms with van der Waals surface area (Å²) in [4.78, 5) is 3.83. The first-order valence-corrected chi connectivity index (χ1v) is 7.25. The molecule has 22 heavy (non-hydrogen) atoms. The van der Waals surface area contributed by atoms with Crippen molar-refractivity contribution in [2.45, 2.75) is 38.5 Å². The van der Waals surface area contributed by atoms with Crippen molar-refractivity contribution in [1.29, 1.82) is 0 Å². The van der Waals surface area contributed by atoms with Gasteiger partial charge in [0.15, 0.2) is 0 Å². The highest BCUT2D eigenvalue weighted by molar-refractivity contribution is 5.19. The van der Waals surface area contributed by atoms with E-state index in [4.69, 9.17) is 0 Å². The lowest BCUT2D eigenvalue weighted by Gasteiger charge is -2.22. The number of rotatable bonds is 6. The van der Waals surface area contributed by atoms with Crippen LogP contribution in [0.2, 0.25) is 0 Å². The largest absolute Gasteiger partial charge is 0.388 e. The maximum Gasteiger partial charge on any atom is 0.141 e. The van der Waals surface area contributed by atoms with Gasteiger partial charge in [-0.1, -0.05) is 12.1 Å². The summed E-state index contributed by atoms with van der Waals surface area (Å²) in [5, 5.41) is 13.5. The Labute approximate surface area is 129 Å². The minimum atomic E-state index is -0.680. The second-order valence-electron chi connectivity index (χ2n) is 5.53. The van der Waals surface area contributed by atoms with Gasteiger partial charge < -0.3 is 10.4 Å². The Hall–Kier alpha value is -1.85. The van der Waals surface area contributed by atoms with Gasteiger partial charge in [0.25, 0.3) is 0 Å². The first-order chi connectivity index (χ1) is 10.5. The fraction of sp³-hybridized carbons (Fsp3) is 0.353. The van der Waals surface area contributed by atoms with Crippen LogP contribution in [0.4, 0.5) is 8.78 Å². The topological polar surface area (TPSA) is 45.1 Å². The van der Waals surface area contributed by atoms with Crippen molar-refractivity contribution in [1.82, 2.24) is 10.3 Å². The number of pyridine rings is 1. The third-order valence-corrected chi connectivity index (χ3v) is 3.59. The molecule has 0 amide bonds. The average molecular weight is 306 g/mol. The minimum Gasteiger partial charge on any atom is -0.388 e. The zero-order valence-electron chi connectivity index (χ0n) is 12.6. The quantitative estimate of drug-likeness (QED) is 0.858.